The smallest absolute Gasteiger partial charge is 0.161 e. The maximum Gasteiger partial charge on any atom is 0.161 e. The Kier molecular flexibility index (Phi) is 3.57. The van der Waals surface area contributed by atoms with Gasteiger partial charge in [-0.05, 0) is 20.8 Å². The van der Waals surface area contributed by atoms with Crippen LogP contribution in [0, 0.1) is 6.92 Å². The van der Waals surface area contributed by atoms with Crippen molar-refractivity contribution in [1.82, 2.24) is 19.7 Å². The van der Waals surface area contributed by atoms with Crippen LogP contribution in [0.15, 0.2) is 0 Å². The van der Waals surface area contributed by atoms with Crippen LogP contribution < -0.4 is 4.90 Å². The van der Waals surface area contributed by atoms with Crippen molar-refractivity contribution in [2.45, 2.75) is 46.3 Å². The minimum atomic E-state index is 0.202. The minimum Gasteiger partial charge on any atom is -0.372 e. The number of ether oxygens (including phenoxy) is 1. The molecule has 3 rings (SSSR count). The summed E-state index contributed by atoms with van der Waals surface area (Å²) in [5, 5.41) is 4.62. The van der Waals surface area contributed by atoms with Gasteiger partial charge in [-0.25, -0.2) is 9.97 Å². The molecule has 2 aromatic heterocycles. The number of anilines is 1. The Morgan fingerprint density at radius 2 is 1.81 bits per heavy atom. The van der Waals surface area contributed by atoms with E-state index in [0.717, 1.165) is 47.9 Å². The summed E-state index contributed by atoms with van der Waals surface area (Å²) >= 11 is 0. The molecule has 0 aliphatic carbocycles. The van der Waals surface area contributed by atoms with Gasteiger partial charge in [-0.15, -0.1) is 0 Å². The third-order valence-electron chi connectivity index (χ3n) is 4.03. The van der Waals surface area contributed by atoms with Crippen molar-refractivity contribution in [3.63, 3.8) is 0 Å². The first-order valence-electron chi connectivity index (χ1n) is 7.60. The highest BCUT2D eigenvalue weighted by molar-refractivity contribution is 5.87. The first kappa shape index (κ1) is 14.3. The number of aryl methyl sites for hydroxylation is 3. The molecule has 114 valence electrons. The normalized spacial score (nSPS) is 23.0. The number of hydrogen-bond acceptors (Lipinski definition) is 5. The highest BCUT2D eigenvalue weighted by atomic mass is 16.5. The highest BCUT2D eigenvalue weighted by Gasteiger charge is 2.26. The highest BCUT2D eigenvalue weighted by Crippen LogP contribution is 2.27. The molecule has 0 unspecified atom stereocenters. The van der Waals surface area contributed by atoms with E-state index in [9.17, 15) is 0 Å². The molecular weight excluding hydrogens is 266 g/mol. The number of hydrogen-bond donors (Lipinski definition) is 0. The lowest BCUT2D eigenvalue weighted by Crippen LogP contribution is -2.46. The molecule has 0 N–H and O–H groups in total. The number of rotatable bonds is 2. The summed E-state index contributed by atoms with van der Waals surface area (Å²) < 4.78 is 7.71. The first-order valence-corrected chi connectivity index (χ1v) is 7.60. The van der Waals surface area contributed by atoms with E-state index in [2.05, 4.69) is 42.7 Å². The number of nitrogens with zero attached hydrogens (tertiary/aromatic N) is 5. The molecule has 1 saturated heterocycles. The average molecular weight is 289 g/mol. The van der Waals surface area contributed by atoms with E-state index in [4.69, 9.17) is 9.72 Å². The zero-order valence-corrected chi connectivity index (χ0v) is 13.4. The molecule has 6 heteroatoms. The van der Waals surface area contributed by atoms with Crippen LogP contribution in [-0.4, -0.2) is 45.0 Å². The quantitative estimate of drug-likeness (QED) is 0.844. The Morgan fingerprint density at radius 3 is 2.43 bits per heavy atom. The average Bonchev–Trinajstić information content (AvgIpc) is 2.72. The zero-order valence-electron chi connectivity index (χ0n) is 13.4. The van der Waals surface area contributed by atoms with Crippen LogP contribution in [0.5, 0.6) is 0 Å². The van der Waals surface area contributed by atoms with Crippen molar-refractivity contribution < 1.29 is 4.74 Å². The predicted octanol–water partition coefficient (Wildman–Crippen LogP) is 1.85. The van der Waals surface area contributed by atoms with Crippen LogP contribution in [0.4, 0.5) is 5.82 Å². The summed E-state index contributed by atoms with van der Waals surface area (Å²) in [5.74, 6) is 1.82. The van der Waals surface area contributed by atoms with Gasteiger partial charge in [-0.2, -0.15) is 5.10 Å². The first-order chi connectivity index (χ1) is 9.99. The van der Waals surface area contributed by atoms with Crippen LogP contribution in [0.25, 0.3) is 11.0 Å². The maximum atomic E-state index is 5.82. The fourth-order valence-electron chi connectivity index (χ4n) is 2.94. The van der Waals surface area contributed by atoms with Gasteiger partial charge in [0.2, 0.25) is 0 Å². The third kappa shape index (κ3) is 2.48. The van der Waals surface area contributed by atoms with Gasteiger partial charge in [0.15, 0.2) is 11.3 Å². The SMILES string of the molecule is CCc1nc(N2C[C@H](C)O[C@@H](C)C2)c2nn(C)c(C)c2n1. The predicted molar refractivity (Wildman–Crippen MR) is 82.6 cm³/mol. The molecule has 2 atom stereocenters. The van der Waals surface area contributed by atoms with E-state index >= 15 is 0 Å². The lowest BCUT2D eigenvalue weighted by molar-refractivity contribution is -0.00539. The van der Waals surface area contributed by atoms with Crippen molar-refractivity contribution in [3.8, 4) is 0 Å². The molecule has 0 radical (unpaired) electrons. The summed E-state index contributed by atoms with van der Waals surface area (Å²) in [5.41, 5.74) is 2.94. The van der Waals surface area contributed by atoms with E-state index in [1.807, 2.05) is 11.7 Å². The topological polar surface area (TPSA) is 56.1 Å². The Morgan fingerprint density at radius 1 is 1.14 bits per heavy atom. The summed E-state index contributed by atoms with van der Waals surface area (Å²) in [6.45, 7) is 10.0. The van der Waals surface area contributed by atoms with Crippen molar-refractivity contribution >= 4 is 16.9 Å². The van der Waals surface area contributed by atoms with Gasteiger partial charge < -0.3 is 9.64 Å². The van der Waals surface area contributed by atoms with Gasteiger partial charge in [0.05, 0.1) is 17.9 Å². The van der Waals surface area contributed by atoms with Crippen molar-refractivity contribution in [2.24, 2.45) is 7.05 Å². The molecule has 1 fully saturated rings. The Bertz CT molecular complexity index is 656. The summed E-state index contributed by atoms with van der Waals surface area (Å²) in [4.78, 5) is 11.7. The van der Waals surface area contributed by atoms with Gasteiger partial charge in [0.1, 0.15) is 11.3 Å². The van der Waals surface area contributed by atoms with E-state index < -0.39 is 0 Å². The molecule has 21 heavy (non-hydrogen) atoms. The summed E-state index contributed by atoms with van der Waals surface area (Å²) in [6.07, 6.45) is 1.23. The Balaban J connectivity index is 2.14. The van der Waals surface area contributed by atoms with Crippen molar-refractivity contribution in [3.05, 3.63) is 11.5 Å². The second-order valence-electron chi connectivity index (χ2n) is 5.89. The Hall–Kier alpha value is -1.69. The third-order valence-corrected chi connectivity index (χ3v) is 4.03. The molecule has 1 aliphatic heterocycles. The fraction of sp³-hybridized carbons (Fsp3) is 0.667. The molecule has 6 nitrogen and oxygen atoms in total. The van der Waals surface area contributed by atoms with Crippen molar-refractivity contribution in [1.29, 1.82) is 0 Å². The molecule has 0 aromatic carbocycles. The largest absolute Gasteiger partial charge is 0.372 e. The van der Waals surface area contributed by atoms with Gasteiger partial charge in [0.25, 0.3) is 0 Å². The van der Waals surface area contributed by atoms with Crippen LogP contribution in [0.2, 0.25) is 0 Å². The van der Waals surface area contributed by atoms with E-state index in [1.165, 1.54) is 0 Å². The summed E-state index contributed by atoms with van der Waals surface area (Å²) in [7, 11) is 1.96. The Labute approximate surface area is 125 Å². The van der Waals surface area contributed by atoms with Crippen molar-refractivity contribution in [2.75, 3.05) is 18.0 Å². The van der Waals surface area contributed by atoms with Crippen LogP contribution in [-0.2, 0) is 18.2 Å². The van der Waals surface area contributed by atoms with Crippen LogP contribution in [0.1, 0.15) is 32.3 Å². The number of fused-ring (bicyclic) bond motifs is 1. The number of aromatic nitrogens is 4. The van der Waals surface area contributed by atoms with Crippen LogP contribution >= 0.6 is 0 Å². The molecule has 1 aliphatic rings. The van der Waals surface area contributed by atoms with E-state index in [0.29, 0.717) is 0 Å². The van der Waals surface area contributed by atoms with Gasteiger partial charge >= 0.3 is 0 Å². The molecule has 0 amide bonds. The molecular formula is C15H23N5O. The lowest BCUT2D eigenvalue weighted by atomic mass is 10.2. The molecule has 3 heterocycles. The monoisotopic (exact) mass is 289 g/mol. The molecule has 0 spiro atoms. The lowest BCUT2D eigenvalue weighted by Gasteiger charge is -2.36. The van der Waals surface area contributed by atoms with E-state index in [-0.39, 0.29) is 12.2 Å². The van der Waals surface area contributed by atoms with Gasteiger partial charge in [-0.3, -0.25) is 4.68 Å². The van der Waals surface area contributed by atoms with Gasteiger partial charge in [0, 0.05) is 26.6 Å². The minimum absolute atomic E-state index is 0.202. The molecule has 2 aromatic rings. The zero-order chi connectivity index (χ0) is 15.1. The second-order valence-corrected chi connectivity index (χ2v) is 5.89. The summed E-state index contributed by atoms with van der Waals surface area (Å²) in [6, 6.07) is 0. The number of morpholine rings is 1. The standard InChI is InChI=1S/C15H23N5O/c1-6-12-16-13-11(4)19(5)18-14(13)15(17-12)20-7-9(2)21-10(3)8-20/h9-10H,6-8H2,1-5H3/t9-,10-/m0/s1. The second kappa shape index (κ2) is 5.26. The van der Waals surface area contributed by atoms with Gasteiger partial charge in [-0.1, -0.05) is 6.92 Å². The maximum absolute atomic E-state index is 5.82. The van der Waals surface area contributed by atoms with E-state index in [1.54, 1.807) is 0 Å². The molecule has 0 bridgehead atoms. The fourth-order valence-corrected chi connectivity index (χ4v) is 2.94. The molecule has 0 saturated carbocycles. The van der Waals surface area contributed by atoms with Crippen LogP contribution in [0.3, 0.4) is 0 Å².